The molecule has 54 heavy (non-hydrogen) atoms. The Bertz CT molecular complexity index is 1890. The van der Waals surface area contributed by atoms with Crippen molar-refractivity contribution in [1.82, 2.24) is 20.4 Å². The summed E-state index contributed by atoms with van der Waals surface area (Å²) >= 11 is 8.34. The molecule has 14 nitrogen and oxygen atoms in total. The predicted octanol–water partition coefficient (Wildman–Crippen LogP) is 3.49. The second kappa shape index (κ2) is 19.1. The van der Waals surface area contributed by atoms with E-state index in [9.17, 15) is 34.2 Å². The van der Waals surface area contributed by atoms with Crippen molar-refractivity contribution in [2.45, 2.75) is 62.7 Å². The summed E-state index contributed by atoms with van der Waals surface area (Å²) < 4.78 is 8.95. The van der Waals surface area contributed by atoms with Crippen molar-refractivity contribution in [3.63, 3.8) is 0 Å². The van der Waals surface area contributed by atoms with Gasteiger partial charge in [0, 0.05) is 13.0 Å². The molecule has 288 valence electrons. The molecule has 3 aromatic carbocycles. The zero-order chi connectivity index (χ0) is 39.3. The molecule has 18 heteroatoms. The van der Waals surface area contributed by atoms with Crippen LogP contribution in [0.4, 0.5) is 0 Å². The molecule has 8 N–H and O–H groups in total. The Morgan fingerprint density at radius 3 is 2.20 bits per heavy atom. The number of hydrogen-bond acceptors (Lipinski definition) is 10. The molecule has 0 unspecified atom stereocenters. The number of fused-ring (bicyclic) bond motifs is 1. The highest BCUT2D eigenvalue weighted by atomic mass is 127. The van der Waals surface area contributed by atoms with Crippen LogP contribution in [0.3, 0.4) is 0 Å². The molecule has 0 aromatic heterocycles. The number of amides is 5. The molecule has 2 aliphatic heterocycles. The van der Waals surface area contributed by atoms with Crippen LogP contribution in [-0.4, -0.2) is 93.4 Å². The fraction of sp³-hybridized carbons (Fsp3) is 0.361. The maximum atomic E-state index is 14.3. The van der Waals surface area contributed by atoms with Gasteiger partial charge in [0.2, 0.25) is 29.5 Å². The van der Waals surface area contributed by atoms with Gasteiger partial charge >= 0.3 is 0 Å². The Labute approximate surface area is 366 Å². The summed E-state index contributed by atoms with van der Waals surface area (Å²) in [4.78, 5) is 72.2. The van der Waals surface area contributed by atoms with E-state index in [1.807, 2.05) is 57.3 Å². The lowest BCUT2D eigenvalue weighted by Crippen LogP contribution is -2.63. The zero-order valence-electron chi connectivity index (χ0n) is 28.7. The number of ether oxygens (including phenoxy) is 1. The van der Waals surface area contributed by atoms with Gasteiger partial charge in [-0.1, -0.05) is 12.1 Å². The first-order chi connectivity index (χ1) is 25.7. The van der Waals surface area contributed by atoms with E-state index in [1.54, 1.807) is 24.3 Å². The molecular weight excluding hydrogens is 1150 g/mol. The number of phenolic OH excluding ortho intramolecular Hbond substituents is 2. The van der Waals surface area contributed by atoms with E-state index in [-0.39, 0.29) is 50.3 Å². The third-order valence-electron chi connectivity index (χ3n) is 9.09. The number of phenols is 2. The van der Waals surface area contributed by atoms with E-state index in [1.165, 1.54) is 17.0 Å². The van der Waals surface area contributed by atoms with Crippen molar-refractivity contribution in [3.05, 3.63) is 73.9 Å². The van der Waals surface area contributed by atoms with Gasteiger partial charge in [-0.05, 0) is 177 Å². The normalized spacial score (nSPS) is 20.1. The smallest absolute Gasteiger partial charge is 0.249 e. The number of rotatable bonds is 10. The summed E-state index contributed by atoms with van der Waals surface area (Å²) in [6.45, 7) is -0.142. The molecule has 3 aromatic rings. The Hall–Kier alpha value is -2.55. The molecule has 5 amide bonds. The number of nitrogens with zero attached hydrogens (tertiary/aromatic N) is 2. The lowest BCUT2D eigenvalue weighted by molar-refractivity contribution is -0.154. The maximum Gasteiger partial charge on any atom is 0.249 e. The number of carbonyl (C=O) groups is 5. The molecule has 0 aliphatic carbocycles. The number of nitrogens with two attached hydrogens (primary N) is 2. The number of carbonyl (C=O) groups excluding carboxylic acids is 5. The number of aromatic hydroxyl groups is 2. The largest absolute Gasteiger partial charge is 0.508 e. The van der Waals surface area contributed by atoms with Crippen LogP contribution < -0.4 is 26.8 Å². The topological polar surface area (TPSA) is 218 Å². The molecule has 0 spiro atoms. The van der Waals surface area contributed by atoms with E-state index in [0.717, 1.165) is 12.0 Å². The van der Waals surface area contributed by atoms with Crippen LogP contribution in [-0.2, 0) is 36.8 Å². The van der Waals surface area contributed by atoms with Crippen molar-refractivity contribution in [1.29, 1.82) is 0 Å². The van der Waals surface area contributed by atoms with Gasteiger partial charge in [-0.3, -0.25) is 28.9 Å². The predicted molar refractivity (Wildman–Crippen MR) is 233 cm³/mol. The van der Waals surface area contributed by atoms with Crippen molar-refractivity contribution < 1.29 is 38.9 Å². The number of halogens is 4. The first kappa shape index (κ1) is 42.6. The van der Waals surface area contributed by atoms with Gasteiger partial charge in [0.25, 0.3) is 0 Å². The van der Waals surface area contributed by atoms with Gasteiger partial charge in [0.05, 0.1) is 26.9 Å². The fourth-order valence-electron chi connectivity index (χ4n) is 6.41. The summed E-state index contributed by atoms with van der Waals surface area (Å²) in [6, 6.07) is 8.54. The van der Waals surface area contributed by atoms with Crippen molar-refractivity contribution >= 4 is 120 Å². The van der Waals surface area contributed by atoms with Gasteiger partial charge < -0.3 is 42.0 Å². The summed E-state index contributed by atoms with van der Waals surface area (Å²) in [5.41, 5.74) is 13.5. The van der Waals surface area contributed by atoms with Crippen molar-refractivity contribution in [3.8, 4) is 23.0 Å². The standard InChI is InChI=1S/C36H38I4N6O8/c37-22-15-21(16-23(38)31(22)49)54-32-24(39)11-19(12-25(32)40)14-27-36(53)45-10-2-4-28(45)33(50)43-17-30(48)46(29(3-1-9-41)34(51)44-27)35(52)26(42)13-18-5-7-20(47)8-6-18/h5-8,11-12,15-16,26-29,47,49H,1-4,9-10,13-14,17,41-42H2,(H,43,50)(H,44,51)/t26-,27-,28+,29+/m0/s1. The van der Waals surface area contributed by atoms with Crippen LogP contribution in [0.2, 0.25) is 0 Å². The fourth-order valence-corrected chi connectivity index (χ4v) is 10.2. The average molecular weight is 1190 g/mol. The Morgan fingerprint density at radius 1 is 0.926 bits per heavy atom. The van der Waals surface area contributed by atoms with Crippen molar-refractivity contribution in [2.24, 2.45) is 11.5 Å². The molecule has 0 saturated carbocycles. The third-order valence-corrected chi connectivity index (χ3v) is 12.3. The third kappa shape index (κ3) is 10.2. The first-order valence-corrected chi connectivity index (χ1v) is 21.3. The van der Waals surface area contributed by atoms with E-state index < -0.39 is 60.2 Å². The summed E-state index contributed by atoms with van der Waals surface area (Å²) in [6.07, 6.45) is 1.19. The van der Waals surface area contributed by atoms with Crippen LogP contribution in [0.25, 0.3) is 0 Å². The molecule has 4 atom stereocenters. The van der Waals surface area contributed by atoms with E-state index in [4.69, 9.17) is 16.2 Å². The highest BCUT2D eigenvalue weighted by molar-refractivity contribution is 14.1. The number of nitrogens with one attached hydrogen (secondary N) is 2. The quantitative estimate of drug-likeness (QED) is 0.163. The van der Waals surface area contributed by atoms with Crippen LogP contribution in [0.5, 0.6) is 23.0 Å². The highest BCUT2D eigenvalue weighted by Crippen LogP contribution is 2.37. The van der Waals surface area contributed by atoms with Crippen molar-refractivity contribution in [2.75, 3.05) is 19.6 Å². The van der Waals surface area contributed by atoms with Gasteiger partial charge in [0.15, 0.2) is 5.75 Å². The number of benzene rings is 3. The minimum Gasteiger partial charge on any atom is -0.508 e. The van der Waals surface area contributed by atoms with Crippen LogP contribution in [0, 0.1) is 14.3 Å². The van der Waals surface area contributed by atoms with Crippen LogP contribution in [0.1, 0.15) is 36.8 Å². The van der Waals surface area contributed by atoms with Gasteiger partial charge in [-0.15, -0.1) is 0 Å². The Morgan fingerprint density at radius 2 is 1.57 bits per heavy atom. The minimum atomic E-state index is -1.38. The molecular formula is C36H38I4N6O8. The maximum absolute atomic E-state index is 14.3. The lowest BCUT2D eigenvalue weighted by Gasteiger charge is -2.35. The zero-order valence-corrected chi connectivity index (χ0v) is 37.3. The van der Waals surface area contributed by atoms with Gasteiger partial charge in [0.1, 0.15) is 35.4 Å². The van der Waals surface area contributed by atoms with Gasteiger partial charge in [-0.2, -0.15) is 0 Å². The monoisotopic (exact) mass is 1190 g/mol. The van der Waals surface area contributed by atoms with Gasteiger partial charge in [-0.25, -0.2) is 0 Å². The van der Waals surface area contributed by atoms with E-state index in [0.29, 0.717) is 42.6 Å². The Kier molecular flexibility index (Phi) is 15.0. The molecule has 2 fully saturated rings. The number of imide groups is 1. The summed E-state index contributed by atoms with van der Waals surface area (Å²) in [5, 5.41) is 25.3. The minimum absolute atomic E-state index is 0.000811. The summed E-state index contributed by atoms with van der Waals surface area (Å²) in [5.74, 6) is -2.09. The second-order valence-electron chi connectivity index (χ2n) is 12.9. The SMILES string of the molecule is NCCC[C@@H]1C(=O)N[C@@H](Cc2cc(I)c(Oc3cc(I)c(O)c(I)c3)c(I)c2)C(=O)N2CCC[C@@H]2C(=O)NCC(=O)N1C(=O)[C@@H](N)Cc1ccc(O)cc1. The molecule has 0 bridgehead atoms. The van der Waals surface area contributed by atoms with Crippen LogP contribution in [0.15, 0.2) is 48.5 Å². The lowest BCUT2D eigenvalue weighted by atomic mass is 10.0. The summed E-state index contributed by atoms with van der Waals surface area (Å²) in [7, 11) is 0. The second-order valence-corrected chi connectivity index (χ2v) is 17.6. The number of hydrogen-bond donors (Lipinski definition) is 6. The highest BCUT2D eigenvalue weighted by Gasteiger charge is 2.42. The molecule has 2 saturated heterocycles. The average Bonchev–Trinajstić information content (AvgIpc) is 3.62. The van der Waals surface area contributed by atoms with Crippen LogP contribution >= 0.6 is 90.4 Å². The molecule has 0 radical (unpaired) electrons. The van der Waals surface area contributed by atoms with E-state index in [2.05, 4.69) is 55.8 Å². The molecule has 2 heterocycles. The van der Waals surface area contributed by atoms with E-state index >= 15 is 0 Å². The first-order valence-electron chi connectivity index (χ1n) is 17.0. The Balaban J connectivity index is 1.48. The molecule has 2 aliphatic rings. The molecule has 5 rings (SSSR count).